The van der Waals surface area contributed by atoms with Gasteiger partial charge in [-0.2, -0.15) is 0 Å². The molecule has 1 atom stereocenters. The summed E-state index contributed by atoms with van der Waals surface area (Å²) >= 11 is 1.86. The molecule has 3 nitrogen and oxygen atoms in total. The maximum Gasteiger partial charge on any atom is 0.347 e. The summed E-state index contributed by atoms with van der Waals surface area (Å²) in [5.74, 6) is 0.446. The van der Waals surface area contributed by atoms with Crippen LogP contribution in [-0.2, 0) is 28.8 Å². The zero-order chi connectivity index (χ0) is 26.8. The van der Waals surface area contributed by atoms with Crippen LogP contribution in [0.2, 0.25) is 0 Å². The first kappa shape index (κ1) is 26.0. The number of esters is 1. The monoisotopic (exact) mass is 522 g/mol. The Balaban J connectivity index is 1.67. The molecule has 0 aliphatic rings. The fourth-order valence-corrected chi connectivity index (χ4v) is 6.47. The van der Waals surface area contributed by atoms with E-state index in [0.717, 1.165) is 35.3 Å². The Bertz CT molecular complexity index is 1590. The molecular formula is C34H34O3S. The average Bonchev–Trinajstić information content (AvgIpc) is 3.23. The first-order chi connectivity index (χ1) is 18.4. The van der Waals surface area contributed by atoms with Crippen molar-refractivity contribution >= 4 is 38.2 Å². The lowest BCUT2D eigenvalue weighted by Gasteiger charge is -2.23. The number of benzene rings is 4. The van der Waals surface area contributed by atoms with Crippen LogP contribution in [0.5, 0.6) is 5.75 Å². The third-order valence-corrected chi connectivity index (χ3v) is 8.61. The van der Waals surface area contributed by atoms with Crippen LogP contribution in [0.4, 0.5) is 0 Å². The van der Waals surface area contributed by atoms with Gasteiger partial charge in [0.2, 0.25) is 0 Å². The molecule has 0 radical (unpaired) electrons. The van der Waals surface area contributed by atoms with Crippen LogP contribution >= 0.6 is 11.3 Å². The van der Waals surface area contributed by atoms with Crippen LogP contribution in [0.15, 0.2) is 72.8 Å². The highest BCUT2D eigenvalue weighted by atomic mass is 32.1. The molecule has 38 heavy (non-hydrogen) atoms. The molecule has 5 aromatic rings. The second kappa shape index (κ2) is 11.0. The van der Waals surface area contributed by atoms with Gasteiger partial charge in [-0.3, -0.25) is 0 Å². The van der Waals surface area contributed by atoms with Gasteiger partial charge in [0.25, 0.3) is 0 Å². The number of ether oxygens (including phenoxy) is 2. The van der Waals surface area contributed by atoms with Gasteiger partial charge in [0.1, 0.15) is 5.75 Å². The summed E-state index contributed by atoms with van der Waals surface area (Å²) in [6, 6.07) is 25.5. The van der Waals surface area contributed by atoms with Crippen molar-refractivity contribution in [2.75, 3.05) is 7.11 Å². The topological polar surface area (TPSA) is 35.5 Å². The van der Waals surface area contributed by atoms with E-state index in [9.17, 15) is 4.79 Å². The van der Waals surface area contributed by atoms with Crippen LogP contribution in [-0.4, -0.2) is 19.2 Å². The first-order valence-electron chi connectivity index (χ1n) is 13.3. The van der Waals surface area contributed by atoms with Gasteiger partial charge in [0, 0.05) is 21.4 Å². The fourth-order valence-electron chi connectivity index (χ4n) is 5.34. The molecule has 0 aliphatic carbocycles. The molecule has 1 heterocycles. The molecule has 0 fully saturated rings. The molecular weight excluding hydrogens is 488 g/mol. The van der Waals surface area contributed by atoms with Crippen LogP contribution in [0, 0.1) is 13.8 Å². The molecule has 0 N–H and O–H groups in total. The van der Waals surface area contributed by atoms with E-state index < -0.39 is 6.10 Å². The number of rotatable bonds is 8. The van der Waals surface area contributed by atoms with E-state index >= 15 is 0 Å². The summed E-state index contributed by atoms with van der Waals surface area (Å²) in [6.45, 7) is 8.73. The molecule has 1 aromatic heterocycles. The van der Waals surface area contributed by atoms with Crippen molar-refractivity contribution in [2.45, 2.75) is 53.1 Å². The Morgan fingerprint density at radius 1 is 0.895 bits per heavy atom. The SMILES string of the molecule is CCc1cc(-c2c3ccccc3cc3sc(C)c(C)c23)cc(CC)c1OC(Cc1ccccc1)C(=O)OC. The minimum Gasteiger partial charge on any atom is -0.478 e. The Hall–Kier alpha value is -3.63. The number of hydrogen-bond donors (Lipinski definition) is 0. The lowest BCUT2D eigenvalue weighted by atomic mass is 9.89. The maximum atomic E-state index is 12.8. The van der Waals surface area contributed by atoms with Gasteiger partial charge in [-0.15, -0.1) is 11.3 Å². The lowest BCUT2D eigenvalue weighted by Crippen LogP contribution is -2.31. The molecule has 5 rings (SSSR count). The Morgan fingerprint density at radius 3 is 2.21 bits per heavy atom. The van der Waals surface area contributed by atoms with Gasteiger partial charge in [-0.1, -0.05) is 68.4 Å². The number of fused-ring (bicyclic) bond motifs is 2. The Labute approximate surface area is 229 Å². The van der Waals surface area contributed by atoms with E-state index in [2.05, 4.69) is 70.2 Å². The van der Waals surface area contributed by atoms with E-state index in [1.807, 2.05) is 41.7 Å². The molecule has 194 valence electrons. The van der Waals surface area contributed by atoms with Crippen LogP contribution in [0.1, 0.15) is 41.0 Å². The van der Waals surface area contributed by atoms with Gasteiger partial charge in [-0.25, -0.2) is 4.79 Å². The summed E-state index contributed by atoms with van der Waals surface area (Å²) < 4.78 is 13.0. The zero-order valence-corrected chi connectivity index (χ0v) is 23.6. The third kappa shape index (κ3) is 4.81. The molecule has 0 saturated carbocycles. The number of thiophene rings is 1. The van der Waals surface area contributed by atoms with Gasteiger partial charge in [-0.05, 0) is 89.0 Å². The van der Waals surface area contributed by atoms with Crippen molar-refractivity contribution in [2.24, 2.45) is 0 Å². The highest BCUT2D eigenvalue weighted by Crippen LogP contribution is 2.44. The molecule has 0 saturated heterocycles. The zero-order valence-electron chi connectivity index (χ0n) is 22.8. The van der Waals surface area contributed by atoms with Crippen molar-refractivity contribution < 1.29 is 14.3 Å². The van der Waals surface area contributed by atoms with E-state index in [-0.39, 0.29) is 5.97 Å². The summed E-state index contributed by atoms with van der Waals surface area (Å²) in [4.78, 5) is 14.1. The fraction of sp³-hybridized carbons (Fsp3) is 0.265. The van der Waals surface area contributed by atoms with Gasteiger partial charge >= 0.3 is 5.97 Å². The summed E-state index contributed by atoms with van der Waals surface area (Å²) in [7, 11) is 1.42. The largest absolute Gasteiger partial charge is 0.478 e. The number of hydrogen-bond acceptors (Lipinski definition) is 4. The average molecular weight is 523 g/mol. The van der Waals surface area contributed by atoms with Crippen molar-refractivity contribution in [3.8, 4) is 16.9 Å². The molecule has 0 aliphatic heterocycles. The van der Waals surface area contributed by atoms with Crippen molar-refractivity contribution in [3.05, 3.63) is 99.9 Å². The maximum absolute atomic E-state index is 12.8. The normalized spacial score (nSPS) is 12.1. The lowest BCUT2D eigenvalue weighted by molar-refractivity contribution is -0.148. The molecule has 4 aromatic carbocycles. The molecule has 0 amide bonds. The minimum absolute atomic E-state index is 0.359. The van der Waals surface area contributed by atoms with Crippen LogP contribution < -0.4 is 4.74 Å². The highest BCUT2D eigenvalue weighted by Gasteiger charge is 2.25. The second-order valence-electron chi connectivity index (χ2n) is 9.78. The Kier molecular flexibility index (Phi) is 7.53. The predicted octanol–water partition coefficient (Wildman–Crippen LogP) is 8.63. The van der Waals surface area contributed by atoms with Gasteiger partial charge in [0.05, 0.1) is 7.11 Å². The van der Waals surface area contributed by atoms with Gasteiger partial charge in [0.15, 0.2) is 6.10 Å². The second-order valence-corrected chi connectivity index (χ2v) is 11.0. The summed E-state index contributed by atoms with van der Waals surface area (Å²) in [6.07, 6.45) is 1.34. The van der Waals surface area contributed by atoms with Crippen molar-refractivity contribution in [1.29, 1.82) is 0 Å². The van der Waals surface area contributed by atoms with Gasteiger partial charge < -0.3 is 9.47 Å². The number of aryl methyl sites for hydroxylation is 4. The van der Waals surface area contributed by atoms with Crippen LogP contribution in [0.3, 0.4) is 0 Å². The molecule has 0 bridgehead atoms. The van der Waals surface area contributed by atoms with E-state index in [0.29, 0.717) is 6.42 Å². The molecule has 4 heteroatoms. The molecule has 0 spiro atoms. The quantitative estimate of drug-likeness (QED) is 0.191. The molecule has 1 unspecified atom stereocenters. The van der Waals surface area contributed by atoms with Crippen LogP contribution in [0.25, 0.3) is 32.0 Å². The highest BCUT2D eigenvalue weighted by molar-refractivity contribution is 7.19. The van der Waals surface area contributed by atoms with Crippen molar-refractivity contribution in [1.82, 2.24) is 0 Å². The predicted molar refractivity (Wildman–Crippen MR) is 160 cm³/mol. The van der Waals surface area contributed by atoms with Crippen molar-refractivity contribution in [3.63, 3.8) is 0 Å². The minimum atomic E-state index is -0.713. The summed E-state index contributed by atoms with van der Waals surface area (Å²) in [5.41, 5.74) is 7.07. The smallest absolute Gasteiger partial charge is 0.347 e. The first-order valence-corrected chi connectivity index (χ1v) is 14.1. The third-order valence-electron chi connectivity index (χ3n) is 7.46. The standard InChI is InChI=1S/C34H34O3S/c1-6-24-18-27(32-28-16-12-11-15-26(28)20-30-31(32)21(3)22(4)38-30)19-25(7-2)33(24)37-29(34(35)36-5)17-23-13-9-8-10-14-23/h8-16,18-20,29H,6-7,17H2,1-5H3. The number of carbonyl (C=O) groups excluding carboxylic acids is 1. The van der Waals surface area contributed by atoms with E-state index in [1.54, 1.807) is 0 Å². The Morgan fingerprint density at radius 2 is 1.55 bits per heavy atom. The van der Waals surface area contributed by atoms with E-state index in [4.69, 9.17) is 9.47 Å². The summed E-state index contributed by atoms with van der Waals surface area (Å²) in [5, 5.41) is 3.84. The van der Waals surface area contributed by atoms with E-state index in [1.165, 1.54) is 49.5 Å². The number of carbonyl (C=O) groups is 1. The number of methoxy groups -OCH3 is 1.